The molecule has 0 saturated carbocycles. The predicted molar refractivity (Wildman–Crippen MR) is 80.6 cm³/mol. The highest BCUT2D eigenvalue weighted by Crippen LogP contribution is 2.31. The molecule has 1 aliphatic rings. The number of β-amino-alcohol motifs (C(OH)–C–C–N with tert-alkyl or cyclic N) is 1. The van der Waals surface area contributed by atoms with Crippen molar-refractivity contribution in [3.63, 3.8) is 0 Å². The maximum Gasteiger partial charge on any atom is 0.124 e. The minimum absolute atomic E-state index is 0.261. The topological polar surface area (TPSA) is 54.2 Å². The van der Waals surface area contributed by atoms with Gasteiger partial charge in [0.2, 0.25) is 0 Å². The molecule has 1 saturated heterocycles. The first kappa shape index (κ1) is 14.2. The SMILES string of the molecule is CC(C)n1cc([C@]2(O)CCN(Cc3ccccc3)C2)nn1. The second-order valence-electron chi connectivity index (χ2n) is 6.16. The molecule has 2 heterocycles. The van der Waals surface area contributed by atoms with Crippen LogP contribution in [0.25, 0.3) is 0 Å². The van der Waals surface area contributed by atoms with E-state index in [-0.39, 0.29) is 6.04 Å². The van der Waals surface area contributed by atoms with Gasteiger partial charge in [0.15, 0.2) is 0 Å². The Hall–Kier alpha value is -1.72. The van der Waals surface area contributed by atoms with Gasteiger partial charge in [-0.05, 0) is 25.8 Å². The molecule has 3 rings (SSSR count). The third-order valence-electron chi connectivity index (χ3n) is 4.09. The Bertz CT molecular complexity index is 595. The normalized spacial score (nSPS) is 23.0. The van der Waals surface area contributed by atoms with Crippen LogP contribution in [-0.2, 0) is 12.1 Å². The van der Waals surface area contributed by atoms with Crippen molar-refractivity contribution in [3.8, 4) is 0 Å². The van der Waals surface area contributed by atoms with Crippen molar-refractivity contribution in [2.45, 2.75) is 38.5 Å². The number of benzene rings is 1. The van der Waals surface area contributed by atoms with Crippen LogP contribution in [0.3, 0.4) is 0 Å². The van der Waals surface area contributed by atoms with Gasteiger partial charge in [0, 0.05) is 25.7 Å². The summed E-state index contributed by atoms with van der Waals surface area (Å²) in [7, 11) is 0. The van der Waals surface area contributed by atoms with Crippen molar-refractivity contribution >= 4 is 0 Å². The molecule has 112 valence electrons. The molecular formula is C16H22N4O. The maximum absolute atomic E-state index is 10.8. The summed E-state index contributed by atoms with van der Waals surface area (Å²) in [5.41, 5.74) is 1.08. The molecule has 0 bridgehead atoms. The summed E-state index contributed by atoms with van der Waals surface area (Å²) in [4.78, 5) is 2.27. The van der Waals surface area contributed by atoms with Crippen molar-refractivity contribution in [1.29, 1.82) is 0 Å². The van der Waals surface area contributed by atoms with E-state index in [1.165, 1.54) is 5.56 Å². The maximum atomic E-state index is 10.8. The number of rotatable bonds is 4. The van der Waals surface area contributed by atoms with Gasteiger partial charge in [-0.15, -0.1) is 5.10 Å². The van der Waals surface area contributed by atoms with E-state index in [9.17, 15) is 5.11 Å². The van der Waals surface area contributed by atoms with Crippen molar-refractivity contribution in [2.75, 3.05) is 13.1 Å². The summed E-state index contributed by atoms with van der Waals surface area (Å²) >= 11 is 0. The van der Waals surface area contributed by atoms with Crippen LogP contribution in [0, 0.1) is 0 Å². The van der Waals surface area contributed by atoms with E-state index in [4.69, 9.17) is 0 Å². The Balaban J connectivity index is 1.69. The van der Waals surface area contributed by atoms with Crippen molar-refractivity contribution in [1.82, 2.24) is 19.9 Å². The average Bonchev–Trinajstić information content (AvgIpc) is 3.08. The van der Waals surface area contributed by atoms with Crippen molar-refractivity contribution < 1.29 is 5.11 Å². The number of aromatic nitrogens is 3. The van der Waals surface area contributed by atoms with Gasteiger partial charge in [0.1, 0.15) is 11.3 Å². The van der Waals surface area contributed by atoms with E-state index in [0.717, 1.165) is 13.1 Å². The summed E-state index contributed by atoms with van der Waals surface area (Å²) in [6.45, 7) is 6.46. The van der Waals surface area contributed by atoms with Crippen LogP contribution in [0.15, 0.2) is 36.5 Å². The summed E-state index contributed by atoms with van der Waals surface area (Å²) < 4.78 is 1.80. The second kappa shape index (κ2) is 5.58. The minimum Gasteiger partial charge on any atom is -0.382 e. The minimum atomic E-state index is -0.873. The fourth-order valence-corrected chi connectivity index (χ4v) is 2.80. The quantitative estimate of drug-likeness (QED) is 0.933. The van der Waals surface area contributed by atoms with Gasteiger partial charge in [-0.2, -0.15) is 0 Å². The van der Waals surface area contributed by atoms with Crippen molar-refractivity contribution in [3.05, 3.63) is 47.8 Å². The largest absolute Gasteiger partial charge is 0.382 e. The molecular weight excluding hydrogens is 264 g/mol. The first-order valence-electron chi connectivity index (χ1n) is 7.48. The first-order valence-corrected chi connectivity index (χ1v) is 7.48. The third kappa shape index (κ3) is 2.99. The molecule has 0 radical (unpaired) electrons. The molecule has 0 amide bonds. The van der Waals surface area contributed by atoms with E-state index in [2.05, 4.69) is 41.2 Å². The van der Waals surface area contributed by atoms with Gasteiger partial charge >= 0.3 is 0 Å². The van der Waals surface area contributed by atoms with E-state index in [0.29, 0.717) is 18.7 Å². The van der Waals surface area contributed by atoms with Crippen LogP contribution in [0.2, 0.25) is 0 Å². The Morgan fingerprint density at radius 2 is 2.05 bits per heavy atom. The number of likely N-dealkylation sites (tertiary alicyclic amines) is 1. The number of hydrogen-bond acceptors (Lipinski definition) is 4. The molecule has 1 atom stereocenters. The lowest BCUT2D eigenvalue weighted by molar-refractivity contribution is 0.0408. The summed E-state index contributed by atoms with van der Waals surface area (Å²) in [6.07, 6.45) is 2.58. The predicted octanol–water partition coefficient (Wildman–Crippen LogP) is 1.95. The molecule has 1 aliphatic heterocycles. The molecule has 2 aromatic rings. The lowest BCUT2D eigenvalue weighted by atomic mass is 10.00. The molecule has 0 aliphatic carbocycles. The highest BCUT2D eigenvalue weighted by molar-refractivity contribution is 5.16. The highest BCUT2D eigenvalue weighted by atomic mass is 16.3. The van der Waals surface area contributed by atoms with Crippen molar-refractivity contribution in [2.24, 2.45) is 0 Å². The Morgan fingerprint density at radius 3 is 2.71 bits per heavy atom. The number of hydrogen-bond donors (Lipinski definition) is 1. The van der Waals surface area contributed by atoms with Crippen LogP contribution in [0.1, 0.15) is 37.6 Å². The van der Waals surface area contributed by atoms with Gasteiger partial charge in [0.05, 0.1) is 6.20 Å². The smallest absolute Gasteiger partial charge is 0.124 e. The van der Waals surface area contributed by atoms with Crippen LogP contribution < -0.4 is 0 Å². The first-order chi connectivity index (χ1) is 10.1. The average molecular weight is 286 g/mol. The Labute approximate surface area is 125 Å². The molecule has 1 aromatic carbocycles. The monoisotopic (exact) mass is 286 g/mol. The lowest BCUT2D eigenvalue weighted by Crippen LogP contribution is -2.31. The summed E-state index contributed by atoms with van der Waals surface area (Å²) in [5, 5.41) is 19.1. The number of nitrogens with zero attached hydrogens (tertiary/aromatic N) is 4. The summed E-state index contributed by atoms with van der Waals surface area (Å²) in [6, 6.07) is 10.6. The zero-order chi connectivity index (χ0) is 14.9. The van der Waals surface area contributed by atoms with Crippen LogP contribution in [0.4, 0.5) is 0 Å². The standard InChI is InChI=1S/C16H22N4O/c1-13(2)20-11-15(17-18-20)16(21)8-9-19(12-16)10-14-6-4-3-5-7-14/h3-7,11,13,21H,8-10,12H2,1-2H3/t16-/m0/s1. The van der Waals surface area contributed by atoms with E-state index in [1.54, 1.807) is 4.68 Å². The molecule has 1 aromatic heterocycles. The summed E-state index contributed by atoms with van der Waals surface area (Å²) in [5.74, 6) is 0. The van der Waals surface area contributed by atoms with Gasteiger partial charge in [0.25, 0.3) is 0 Å². The van der Waals surface area contributed by atoms with Gasteiger partial charge < -0.3 is 5.11 Å². The molecule has 1 N–H and O–H groups in total. The second-order valence-corrected chi connectivity index (χ2v) is 6.16. The molecule has 0 spiro atoms. The van der Waals surface area contributed by atoms with Crippen LogP contribution in [-0.4, -0.2) is 38.1 Å². The highest BCUT2D eigenvalue weighted by Gasteiger charge is 2.40. The molecule has 21 heavy (non-hydrogen) atoms. The fourth-order valence-electron chi connectivity index (χ4n) is 2.80. The zero-order valence-electron chi connectivity index (χ0n) is 12.6. The third-order valence-corrected chi connectivity index (χ3v) is 4.09. The molecule has 5 nitrogen and oxygen atoms in total. The van der Waals surface area contributed by atoms with Crippen LogP contribution >= 0.6 is 0 Å². The zero-order valence-corrected chi connectivity index (χ0v) is 12.6. The lowest BCUT2D eigenvalue weighted by Gasteiger charge is -2.21. The van der Waals surface area contributed by atoms with Gasteiger partial charge in [-0.3, -0.25) is 4.90 Å². The van der Waals surface area contributed by atoms with Crippen LogP contribution in [0.5, 0.6) is 0 Å². The fraction of sp³-hybridized carbons (Fsp3) is 0.500. The Kier molecular flexibility index (Phi) is 3.78. The Morgan fingerprint density at radius 1 is 1.29 bits per heavy atom. The van der Waals surface area contributed by atoms with E-state index < -0.39 is 5.60 Å². The van der Waals surface area contributed by atoms with Gasteiger partial charge in [-0.1, -0.05) is 35.5 Å². The van der Waals surface area contributed by atoms with E-state index in [1.807, 2.05) is 24.4 Å². The van der Waals surface area contributed by atoms with E-state index >= 15 is 0 Å². The van der Waals surface area contributed by atoms with Gasteiger partial charge in [-0.25, -0.2) is 4.68 Å². The molecule has 5 heteroatoms. The number of aliphatic hydroxyl groups is 1. The molecule has 1 fully saturated rings. The molecule has 0 unspecified atom stereocenters.